The average molecular weight is 196 g/mol. The van der Waals surface area contributed by atoms with E-state index in [0.29, 0.717) is 11.4 Å². The molecule has 68 valence electrons. The maximum Gasteiger partial charge on any atom is 0.345 e. The monoisotopic (exact) mass is 196 g/mol. The number of thiophene rings is 1. The molecule has 13 heavy (non-hydrogen) atoms. The molecule has 0 atom stereocenters. The number of amidine groups is 1. The summed E-state index contributed by atoms with van der Waals surface area (Å²) < 4.78 is 0. The first kappa shape index (κ1) is 8.25. The van der Waals surface area contributed by atoms with Gasteiger partial charge in [-0.3, -0.25) is 4.99 Å². The van der Waals surface area contributed by atoms with Crippen molar-refractivity contribution in [1.29, 1.82) is 0 Å². The number of carboxylic acids is 1. The van der Waals surface area contributed by atoms with Crippen LogP contribution in [0.5, 0.6) is 0 Å². The molecule has 4 nitrogen and oxygen atoms in total. The van der Waals surface area contributed by atoms with Crippen LogP contribution in [0.15, 0.2) is 11.1 Å². The van der Waals surface area contributed by atoms with E-state index < -0.39 is 5.97 Å². The zero-order valence-electron chi connectivity index (χ0n) is 7.00. The smallest absolute Gasteiger partial charge is 0.345 e. The maximum absolute atomic E-state index is 10.6. The second-order valence-corrected chi connectivity index (χ2v) is 3.85. The predicted octanol–water partition coefficient (Wildman–Crippen LogP) is 1.79. The van der Waals surface area contributed by atoms with Crippen LogP contribution in [-0.4, -0.2) is 16.9 Å². The quantitative estimate of drug-likeness (QED) is 0.719. The van der Waals surface area contributed by atoms with Gasteiger partial charge in [0, 0.05) is 5.56 Å². The third-order valence-corrected chi connectivity index (χ3v) is 2.88. The highest BCUT2D eigenvalue weighted by atomic mass is 32.1. The zero-order valence-corrected chi connectivity index (χ0v) is 7.81. The Morgan fingerprint density at radius 1 is 1.77 bits per heavy atom. The molecule has 0 radical (unpaired) electrons. The van der Waals surface area contributed by atoms with Crippen molar-refractivity contribution in [3.63, 3.8) is 0 Å². The van der Waals surface area contributed by atoms with Gasteiger partial charge in [0.1, 0.15) is 4.88 Å². The lowest BCUT2D eigenvalue weighted by atomic mass is 10.2. The molecule has 0 aliphatic carbocycles. The molecule has 0 aromatic carbocycles. The molecule has 1 aromatic rings. The number of aromatic carboxylic acids is 1. The molecule has 0 saturated carbocycles. The number of nitrogens with one attached hydrogen (secondary N) is 1. The zero-order chi connectivity index (χ0) is 9.42. The molecule has 0 unspecified atom stereocenters. The molecule has 0 spiro atoms. The summed E-state index contributed by atoms with van der Waals surface area (Å²) in [6.07, 6.45) is 0. The van der Waals surface area contributed by atoms with E-state index in [1.807, 2.05) is 6.92 Å². The van der Waals surface area contributed by atoms with Gasteiger partial charge in [-0.05, 0) is 13.0 Å². The fraction of sp³-hybridized carbons (Fsp3) is 0.250. The van der Waals surface area contributed by atoms with E-state index in [0.717, 1.165) is 16.4 Å². The van der Waals surface area contributed by atoms with Crippen molar-refractivity contribution in [2.75, 3.05) is 5.32 Å². The van der Waals surface area contributed by atoms with E-state index >= 15 is 0 Å². The average Bonchev–Trinajstić information content (AvgIpc) is 2.46. The Labute approximate surface area is 78.9 Å². The lowest BCUT2D eigenvalue weighted by molar-refractivity contribution is 0.0702. The summed E-state index contributed by atoms with van der Waals surface area (Å²) in [7, 11) is 0. The maximum atomic E-state index is 10.6. The molecule has 0 saturated heterocycles. The summed E-state index contributed by atoms with van der Waals surface area (Å²) in [6.45, 7) is 2.45. The molecule has 1 aromatic heterocycles. The van der Waals surface area contributed by atoms with Crippen LogP contribution in [0.1, 0.15) is 22.2 Å². The van der Waals surface area contributed by atoms with E-state index in [-0.39, 0.29) is 0 Å². The Bertz CT molecular complexity index is 395. The molecule has 0 bridgehead atoms. The van der Waals surface area contributed by atoms with Crippen LogP contribution in [0.2, 0.25) is 0 Å². The van der Waals surface area contributed by atoms with Gasteiger partial charge in [0.2, 0.25) is 0 Å². The van der Waals surface area contributed by atoms with E-state index in [4.69, 9.17) is 5.11 Å². The van der Waals surface area contributed by atoms with Gasteiger partial charge in [0.15, 0.2) is 0 Å². The van der Waals surface area contributed by atoms with E-state index in [2.05, 4.69) is 10.3 Å². The normalized spacial score (nSPS) is 14.4. The van der Waals surface area contributed by atoms with Crippen molar-refractivity contribution in [3.05, 3.63) is 16.5 Å². The Morgan fingerprint density at radius 2 is 2.54 bits per heavy atom. The standard InChI is InChI=1S/C8H8N2O2S/c1-4-9-3-5-2-6(8(11)12)13-7(5)10-4/h2H,3H2,1H3,(H,9,10)(H,11,12). The molecule has 1 aliphatic heterocycles. The van der Waals surface area contributed by atoms with Gasteiger partial charge in [-0.1, -0.05) is 0 Å². The lowest BCUT2D eigenvalue weighted by Crippen LogP contribution is -2.11. The molecule has 5 heteroatoms. The molecule has 2 N–H and O–H groups in total. The van der Waals surface area contributed by atoms with Crippen molar-refractivity contribution >= 4 is 28.1 Å². The topological polar surface area (TPSA) is 61.7 Å². The number of carboxylic acid groups (broad SMARTS) is 1. The Balaban J connectivity index is 2.37. The number of aliphatic imine (C=N–C) groups is 1. The number of carbonyl (C=O) groups is 1. The minimum absolute atomic E-state index is 0.363. The fourth-order valence-electron chi connectivity index (χ4n) is 1.16. The van der Waals surface area contributed by atoms with Crippen LogP contribution in [0, 0.1) is 0 Å². The summed E-state index contributed by atoms with van der Waals surface area (Å²) in [6, 6.07) is 1.67. The molecule has 1 aliphatic rings. The second-order valence-electron chi connectivity index (χ2n) is 2.80. The summed E-state index contributed by atoms with van der Waals surface area (Å²) in [5.41, 5.74) is 0.966. The van der Waals surface area contributed by atoms with E-state index in [1.165, 1.54) is 11.3 Å². The van der Waals surface area contributed by atoms with E-state index in [9.17, 15) is 4.79 Å². The first-order chi connectivity index (χ1) is 6.16. The molecule has 2 heterocycles. The highest BCUT2D eigenvalue weighted by Gasteiger charge is 2.16. The van der Waals surface area contributed by atoms with Gasteiger partial charge in [-0.15, -0.1) is 11.3 Å². The van der Waals surface area contributed by atoms with Gasteiger partial charge < -0.3 is 10.4 Å². The molecular weight excluding hydrogens is 188 g/mol. The molecule has 0 fully saturated rings. The Morgan fingerprint density at radius 3 is 3.23 bits per heavy atom. The number of hydrogen-bond acceptors (Lipinski definition) is 4. The Hall–Kier alpha value is -1.36. The molecule has 0 amide bonds. The summed E-state index contributed by atoms with van der Waals surface area (Å²) in [5.74, 6) is -0.0369. The number of rotatable bonds is 1. The number of hydrogen-bond donors (Lipinski definition) is 2. The van der Waals surface area contributed by atoms with Crippen LogP contribution in [0.3, 0.4) is 0 Å². The van der Waals surface area contributed by atoms with Crippen LogP contribution < -0.4 is 5.32 Å². The van der Waals surface area contributed by atoms with Crippen molar-refractivity contribution in [2.24, 2.45) is 4.99 Å². The lowest BCUT2D eigenvalue weighted by Gasteiger charge is -2.10. The van der Waals surface area contributed by atoms with Gasteiger partial charge >= 0.3 is 5.97 Å². The van der Waals surface area contributed by atoms with Crippen molar-refractivity contribution in [1.82, 2.24) is 0 Å². The van der Waals surface area contributed by atoms with Crippen molar-refractivity contribution in [2.45, 2.75) is 13.5 Å². The van der Waals surface area contributed by atoms with Crippen LogP contribution in [0.25, 0.3) is 0 Å². The summed E-state index contributed by atoms with van der Waals surface area (Å²) in [5, 5.41) is 12.7. The first-order valence-corrected chi connectivity index (χ1v) is 4.62. The van der Waals surface area contributed by atoms with E-state index in [1.54, 1.807) is 6.07 Å². The highest BCUT2D eigenvalue weighted by molar-refractivity contribution is 7.18. The number of fused-ring (bicyclic) bond motifs is 1. The minimum atomic E-state index is -0.876. The van der Waals surface area contributed by atoms with Crippen molar-refractivity contribution < 1.29 is 9.90 Å². The fourth-order valence-corrected chi connectivity index (χ4v) is 2.13. The largest absolute Gasteiger partial charge is 0.477 e. The van der Waals surface area contributed by atoms with Gasteiger partial charge in [0.05, 0.1) is 17.4 Å². The minimum Gasteiger partial charge on any atom is -0.477 e. The number of anilines is 1. The highest BCUT2D eigenvalue weighted by Crippen LogP contribution is 2.30. The first-order valence-electron chi connectivity index (χ1n) is 3.81. The Kier molecular flexibility index (Phi) is 1.81. The summed E-state index contributed by atoms with van der Waals surface area (Å²) in [4.78, 5) is 15.2. The van der Waals surface area contributed by atoms with Crippen LogP contribution in [-0.2, 0) is 6.54 Å². The van der Waals surface area contributed by atoms with Crippen molar-refractivity contribution in [3.8, 4) is 0 Å². The number of nitrogens with zero attached hydrogens (tertiary/aromatic N) is 1. The van der Waals surface area contributed by atoms with Gasteiger partial charge in [0.25, 0.3) is 0 Å². The van der Waals surface area contributed by atoms with Gasteiger partial charge in [-0.2, -0.15) is 0 Å². The molecular formula is C8H8N2O2S. The molecule has 2 rings (SSSR count). The van der Waals surface area contributed by atoms with Crippen LogP contribution in [0.4, 0.5) is 5.00 Å². The van der Waals surface area contributed by atoms with Gasteiger partial charge in [-0.25, -0.2) is 4.79 Å². The summed E-state index contributed by atoms with van der Waals surface area (Å²) >= 11 is 1.26. The van der Waals surface area contributed by atoms with Crippen LogP contribution >= 0.6 is 11.3 Å². The third-order valence-electron chi connectivity index (χ3n) is 1.80. The third kappa shape index (κ3) is 1.42. The SMILES string of the molecule is CC1=NCc2cc(C(=O)O)sc2N1. The second kappa shape index (κ2) is 2.85. The predicted molar refractivity (Wildman–Crippen MR) is 51.7 cm³/mol.